The van der Waals surface area contributed by atoms with Gasteiger partial charge in [-0.2, -0.15) is 0 Å². The second-order valence-corrected chi connectivity index (χ2v) is 5.86. The summed E-state index contributed by atoms with van der Waals surface area (Å²) in [6, 6.07) is 6.02. The summed E-state index contributed by atoms with van der Waals surface area (Å²) in [4.78, 5) is 14.4. The summed E-state index contributed by atoms with van der Waals surface area (Å²) in [6.07, 6.45) is 4.81. The van der Waals surface area contributed by atoms with E-state index in [1.807, 2.05) is 36.9 Å². The van der Waals surface area contributed by atoms with Gasteiger partial charge < -0.3 is 15.4 Å². The zero-order chi connectivity index (χ0) is 15.2. The van der Waals surface area contributed by atoms with Crippen LogP contribution in [0.3, 0.4) is 0 Å². The molecule has 1 aliphatic rings. The van der Waals surface area contributed by atoms with E-state index in [4.69, 9.17) is 10.5 Å². The Morgan fingerprint density at radius 2 is 2.10 bits per heavy atom. The number of rotatable bonds is 6. The molecule has 0 radical (unpaired) electrons. The molecule has 1 atom stereocenters. The number of carbonyl (C=O) groups is 1. The summed E-state index contributed by atoms with van der Waals surface area (Å²) < 4.78 is 5.84. The monoisotopic (exact) mass is 290 g/mol. The lowest BCUT2D eigenvalue weighted by Crippen LogP contribution is -2.42. The van der Waals surface area contributed by atoms with Gasteiger partial charge in [0.1, 0.15) is 11.9 Å². The molecule has 0 bridgehead atoms. The number of hydrogen-bond donors (Lipinski definition) is 1. The number of aryl methyl sites for hydroxylation is 1. The van der Waals surface area contributed by atoms with Gasteiger partial charge in [0.15, 0.2) is 0 Å². The van der Waals surface area contributed by atoms with Gasteiger partial charge in [-0.3, -0.25) is 4.79 Å². The Morgan fingerprint density at radius 3 is 2.86 bits per heavy atom. The van der Waals surface area contributed by atoms with Crippen LogP contribution in [0, 0.1) is 6.92 Å². The molecule has 0 aliphatic carbocycles. The maximum Gasteiger partial charge on any atom is 0.227 e. The normalized spacial score (nSPS) is 17.3. The van der Waals surface area contributed by atoms with Crippen LogP contribution < -0.4 is 15.4 Å². The molecule has 0 saturated heterocycles. The topological polar surface area (TPSA) is 55.6 Å². The van der Waals surface area contributed by atoms with E-state index in [2.05, 4.69) is 0 Å². The van der Waals surface area contributed by atoms with Crippen LogP contribution in [-0.2, 0) is 4.79 Å². The summed E-state index contributed by atoms with van der Waals surface area (Å²) in [5.41, 5.74) is 7.54. The van der Waals surface area contributed by atoms with Crippen molar-refractivity contribution >= 4 is 11.6 Å². The predicted octanol–water partition coefficient (Wildman–Crippen LogP) is 3.02. The van der Waals surface area contributed by atoms with Gasteiger partial charge in [0, 0.05) is 6.42 Å². The number of nitrogens with zero attached hydrogens (tertiary/aromatic N) is 1. The Kier molecular flexibility index (Phi) is 5.62. The molecule has 2 N–H and O–H groups in total. The highest BCUT2D eigenvalue weighted by atomic mass is 16.5. The van der Waals surface area contributed by atoms with E-state index in [1.165, 1.54) is 0 Å². The summed E-state index contributed by atoms with van der Waals surface area (Å²) in [5.74, 6) is 1.02. The third-order valence-corrected chi connectivity index (χ3v) is 3.82. The van der Waals surface area contributed by atoms with Crippen molar-refractivity contribution < 1.29 is 9.53 Å². The fourth-order valence-electron chi connectivity index (χ4n) is 2.69. The van der Waals surface area contributed by atoms with Crippen molar-refractivity contribution in [3.05, 3.63) is 23.8 Å². The molecule has 2 rings (SSSR count). The van der Waals surface area contributed by atoms with Crippen LogP contribution in [0.25, 0.3) is 0 Å². The maximum absolute atomic E-state index is 12.5. The van der Waals surface area contributed by atoms with E-state index in [1.54, 1.807) is 0 Å². The quantitative estimate of drug-likeness (QED) is 0.819. The number of benzene rings is 1. The highest BCUT2D eigenvalue weighted by Gasteiger charge is 2.27. The van der Waals surface area contributed by atoms with Gasteiger partial charge >= 0.3 is 0 Å². The fourth-order valence-corrected chi connectivity index (χ4v) is 2.69. The Labute approximate surface area is 127 Å². The van der Waals surface area contributed by atoms with Gasteiger partial charge in [-0.25, -0.2) is 0 Å². The van der Waals surface area contributed by atoms with E-state index < -0.39 is 0 Å². The zero-order valence-electron chi connectivity index (χ0n) is 13.1. The standard InChI is InChI=1S/C17H26N2O2/c1-13-8-9-15-16(11-13)21-14(2)12-19(15)17(20)7-5-3-4-6-10-18/h8-9,11,14H,3-7,10,12,18H2,1-2H3. The number of carbonyl (C=O) groups excluding carboxylic acids is 1. The van der Waals surface area contributed by atoms with Crippen molar-refractivity contribution in [1.29, 1.82) is 0 Å². The van der Waals surface area contributed by atoms with Gasteiger partial charge in [0.25, 0.3) is 0 Å². The summed E-state index contributed by atoms with van der Waals surface area (Å²) in [6.45, 7) is 5.42. The molecule has 0 fully saturated rings. The van der Waals surface area contributed by atoms with E-state index in [-0.39, 0.29) is 12.0 Å². The number of fused-ring (bicyclic) bond motifs is 1. The first-order chi connectivity index (χ1) is 10.1. The van der Waals surface area contributed by atoms with Crippen LogP contribution in [0.4, 0.5) is 5.69 Å². The van der Waals surface area contributed by atoms with Crippen molar-refractivity contribution in [3.63, 3.8) is 0 Å². The van der Waals surface area contributed by atoms with Crippen molar-refractivity contribution in [1.82, 2.24) is 0 Å². The van der Waals surface area contributed by atoms with Gasteiger partial charge in [0.2, 0.25) is 5.91 Å². The Balaban J connectivity index is 1.98. The molecule has 0 aromatic heterocycles. The fraction of sp³-hybridized carbons (Fsp3) is 0.588. The molecule has 0 spiro atoms. The maximum atomic E-state index is 12.5. The Hall–Kier alpha value is -1.55. The second kappa shape index (κ2) is 7.46. The minimum absolute atomic E-state index is 0.0421. The molecule has 116 valence electrons. The van der Waals surface area contributed by atoms with E-state index >= 15 is 0 Å². The van der Waals surface area contributed by atoms with Crippen LogP contribution >= 0.6 is 0 Å². The number of anilines is 1. The number of unbranched alkanes of at least 4 members (excludes halogenated alkanes) is 3. The van der Waals surface area contributed by atoms with E-state index in [0.29, 0.717) is 13.0 Å². The number of amides is 1. The number of nitrogens with two attached hydrogens (primary N) is 1. The third kappa shape index (κ3) is 4.21. The third-order valence-electron chi connectivity index (χ3n) is 3.82. The van der Waals surface area contributed by atoms with Gasteiger partial charge in [-0.05, 0) is 50.9 Å². The first-order valence-corrected chi connectivity index (χ1v) is 7.89. The first-order valence-electron chi connectivity index (χ1n) is 7.89. The van der Waals surface area contributed by atoms with Crippen molar-refractivity contribution in [2.75, 3.05) is 18.0 Å². The molecule has 1 aliphatic heterocycles. The molecule has 0 saturated carbocycles. The molecular formula is C17H26N2O2. The van der Waals surface area contributed by atoms with Crippen LogP contribution in [0.1, 0.15) is 44.6 Å². The van der Waals surface area contributed by atoms with Gasteiger partial charge in [0.05, 0.1) is 12.2 Å². The molecule has 4 nitrogen and oxygen atoms in total. The Morgan fingerprint density at radius 1 is 1.33 bits per heavy atom. The summed E-state index contributed by atoms with van der Waals surface area (Å²) in [7, 11) is 0. The zero-order valence-corrected chi connectivity index (χ0v) is 13.1. The highest BCUT2D eigenvalue weighted by Crippen LogP contribution is 2.34. The van der Waals surface area contributed by atoms with Crippen LogP contribution in [-0.4, -0.2) is 25.1 Å². The van der Waals surface area contributed by atoms with Crippen LogP contribution in [0.5, 0.6) is 5.75 Å². The largest absolute Gasteiger partial charge is 0.487 e. The van der Waals surface area contributed by atoms with E-state index in [0.717, 1.165) is 49.2 Å². The lowest BCUT2D eigenvalue weighted by molar-refractivity contribution is -0.119. The lowest BCUT2D eigenvalue weighted by atomic mass is 10.1. The summed E-state index contributed by atoms with van der Waals surface area (Å²) >= 11 is 0. The second-order valence-electron chi connectivity index (χ2n) is 5.86. The SMILES string of the molecule is Cc1ccc2c(c1)OC(C)CN2C(=O)CCCCCCN. The van der Waals surface area contributed by atoms with Crippen molar-refractivity contribution in [2.45, 2.75) is 52.1 Å². The number of hydrogen-bond acceptors (Lipinski definition) is 3. The van der Waals surface area contributed by atoms with Crippen LogP contribution in [0.2, 0.25) is 0 Å². The number of ether oxygens (including phenoxy) is 1. The van der Waals surface area contributed by atoms with Gasteiger partial charge in [-0.15, -0.1) is 0 Å². The minimum atomic E-state index is 0.0421. The predicted molar refractivity (Wildman–Crippen MR) is 85.8 cm³/mol. The first kappa shape index (κ1) is 15.8. The lowest BCUT2D eigenvalue weighted by Gasteiger charge is -2.33. The van der Waals surface area contributed by atoms with Crippen LogP contribution in [0.15, 0.2) is 18.2 Å². The van der Waals surface area contributed by atoms with E-state index in [9.17, 15) is 4.79 Å². The van der Waals surface area contributed by atoms with Crippen molar-refractivity contribution in [3.8, 4) is 5.75 Å². The average Bonchev–Trinajstić information content (AvgIpc) is 2.45. The molecule has 21 heavy (non-hydrogen) atoms. The molecule has 1 aromatic carbocycles. The molecule has 1 aromatic rings. The Bertz CT molecular complexity index is 488. The smallest absolute Gasteiger partial charge is 0.227 e. The van der Waals surface area contributed by atoms with Crippen molar-refractivity contribution in [2.24, 2.45) is 5.73 Å². The summed E-state index contributed by atoms with van der Waals surface area (Å²) in [5, 5.41) is 0. The molecular weight excluding hydrogens is 264 g/mol. The van der Waals surface area contributed by atoms with Gasteiger partial charge in [-0.1, -0.05) is 18.9 Å². The molecule has 1 amide bonds. The minimum Gasteiger partial charge on any atom is -0.487 e. The average molecular weight is 290 g/mol. The molecule has 1 heterocycles. The molecule has 1 unspecified atom stereocenters. The highest BCUT2D eigenvalue weighted by molar-refractivity contribution is 5.95. The molecule has 4 heteroatoms.